The Bertz CT molecular complexity index is 1060. The molecule has 0 saturated heterocycles. The van der Waals surface area contributed by atoms with Crippen LogP contribution in [-0.4, -0.2) is 12.0 Å². The number of halogens is 2. The molecule has 1 aromatic heterocycles. The third-order valence-electron chi connectivity index (χ3n) is 4.28. The zero-order valence-electron chi connectivity index (χ0n) is 13.0. The van der Waals surface area contributed by atoms with Gasteiger partial charge in [0, 0.05) is 36.6 Å². The molecule has 0 spiro atoms. The van der Waals surface area contributed by atoms with E-state index < -0.39 is 11.6 Å². The van der Waals surface area contributed by atoms with Gasteiger partial charge in [0.05, 0.1) is 5.69 Å². The Balaban J connectivity index is 1.84. The van der Waals surface area contributed by atoms with E-state index in [1.165, 1.54) is 12.1 Å². The second-order valence-electron chi connectivity index (χ2n) is 5.72. The molecule has 0 bridgehead atoms. The van der Waals surface area contributed by atoms with Crippen molar-refractivity contribution in [3.63, 3.8) is 0 Å². The second kappa shape index (κ2) is 5.57. The highest BCUT2D eigenvalue weighted by Crippen LogP contribution is 2.31. The Morgan fingerprint density at radius 1 is 0.833 bits per heavy atom. The Morgan fingerprint density at radius 2 is 1.67 bits per heavy atom. The molecule has 0 radical (unpaired) electrons. The quantitative estimate of drug-likeness (QED) is 0.458. The van der Waals surface area contributed by atoms with Crippen molar-refractivity contribution in [2.75, 3.05) is 11.9 Å². The Kier molecular flexibility index (Phi) is 3.38. The first-order valence-electron chi connectivity index (χ1n) is 7.59. The number of nitrogens with zero attached hydrogens (tertiary/aromatic N) is 2. The zero-order chi connectivity index (χ0) is 16.7. The van der Waals surface area contributed by atoms with Crippen LogP contribution in [0.5, 0.6) is 0 Å². The first kappa shape index (κ1) is 14.6. The molecule has 3 aromatic carbocycles. The lowest BCUT2D eigenvalue weighted by Crippen LogP contribution is -2.11. The second-order valence-corrected chi connectivity index (χ2v) is 5.72. The summed E-state index contributed by atoms with van der Waals surface area (Å²) in [5.74, 6) is -1.16. The monoisotopic (exact) mass is 320 g/mol. The molecule has 4 aromatic rings. The molecule has 0 fully saturated rings. The summed E-state index contributed by atoms with van der Waals surface area (Å²) in [7, 11) is 1.76. The van der Waals surface area contributed by atoms with Crippen molar-refractivity contribution in [1.82, 2.24) is 4.98 Å². The van der Waals surface area contributed by atoms with E-state index in [0.29, 0.717) is 5.69 Å². The number of pyridine rings is 1. The maximum atomic E-state index is 14.0. The van der Waals surface area contributed by atoms with Gasteiger partial charge in [-0.15, -0.1) is 0 Å². The van der Waals surface area contributed by atoms with Crippen LogP contribution in [0, 0.1) is 11.6 Å². The van der Waals surface area contributed by atoms with Gasteiger partial charge in [0.15, 0.2) is 0 Å². The molecule has 0 atom stereocenters. The van der Waals surface area contributed by atoms with E-state index in [1.807, 2.05) is 42.6 Å². The Labute approximate surface area is 138 Å². The number of hydrogen-bond acceptors (Lipinski definition) is 2. The molecule has 4 rings (SSSR count). The highest BCUT2D eigenvalue weighted by Gasteiger charge is 2.11. The lowest BCUT2D eigenvalue weighted by Gasteiger charge is -2.21. The number of fused-ring (bicyclic) bond motifs is 3. The summed E-state index contributed by atoms with van der Waals surface area (Å²) in [6, 6.07) is 15.6. The highest BCUT2D eigenvalue weighted by molar-refractivity contribution is 6.07. The van der Waals surface area contributed by atoms with Gasteiger partial charge in [0.2, 0.25) is 0 Å². The summed E-state index contributed by atoms with van der Waals surface area (Å²) in [5, 5.41) is 4.35. The van der Waals surface area contributed by atoms with Gasteiger partial charge in [-0.25, -0.2) is 8.78 Å². The van der Waals surface area contributed by atoms with Crippen LogP contribution in [0.25, 0.3) is 21.5 Å². The zero-order valence-corrected chi connectivity index (χ0v) is 13.0. The van der Waals surface area contributed by atoms with Crippen LogP contribution >= 0.6 is 0 Å². The van der Waals surface area contributed by atoms with E-state index in [9.17, 15) is 8.78 Å². The lowest BCUT2D eigenvalue weighted by atomic mass is 10.0. The van der Waals surface area contributed by atoms with Crippen molar-refractivity contribution < 1.29 is 8.78 Å². The van der Waals surface area contributed by atoms with Crippen molar-refractivity contribution in [2.24, 2.45) is 0 Å². The molecule has 0 aliphatic carbocycles. The van der Waals surface area contributed by atoms with E-state index >= 15 is 0 Å². The van der Waals surface area contributed by atoms with Gasteiger partial charge in [0.1, 0.15) is 11.6 Å². The minimum absolute atomic E-state index is 0.332. The number of hydrogen-bond donors (Lipinski definition) is 0. The molecule has 0 amide bonds. The van der Waals surface area contributed by atoms with Crippen LogP contribution in [0.2, 0.25) is 0 Å². The summed E-state index contributed by atoms with van der Waals surface area (Å²) < 4.78 is 27.1. The third kappa shape index (κ3) is 2.36. The number of benzene rings is 3. The van der Waals surface area contributed by atoms with E-state index in [1.54, 1.807) is 18.1 Å². The van der Waals surface area contributed by atoms with Crippen LogP contribution in [0.4, 0.5) is 20.2 Å². The predicted octanol–water partition coefficient (Wildman–Crippen LogP) is 5.43. The van der Waals surface area contributed by atoms with E-state index in [0.717, 1.165) is 33.3 Å². The summed E-state index contributed by atoms with van der Waals surface area (Å²) in [6.45, 7) is 0. The largest absolute Gasteiger partial charge is 0.342 e. The first-order chi connectivity index (χ1) is 11.6. The van der Waals surface area contributed by atoms with Crippen molar-refractivity contribution in [3.8, 4) is 0 Å². The van der Waals surface area contributed by atoms with E-state index in [4.69, 9.17) is 0 Å². The predicted molar refractivity (Wildman–Crippen MR) is 93.7 cm³/mol. The fourth-order valence-electron chi connectivity index (χ4n) is 2.99. The fourth-order valence-corrected chi connectivity index (χ4v) is 2.99. The normalized spacial score (nSPS) is 11.1. The minimum atomic E-state index is -0.583. The van der Waals surface area contributed by atoms with Crippen LogP contribution in [0.15, 0.2) is 67.0 Å². The standard InChI is InChI=1S/C20H14F2N2/c1-24(20-7-4-15(21)11-19(20)22)16-5-6-17-14(10-16)3-2-13-8-9-23-12-18(13)17/h2-12H,1H3. The van der Waals surface area contributed by atoms with Crippen molar-refractivity contribution in [2.45, 2.75) is 0 Å². The van der Waals surface area contributed by atoms with Crippen LogP contribution in [0.1, 0.15) is 0 Å². The van der Waals surface area contributed by atoms with E-state index in [-0.39, 0.29) is 0 Å². The average Bonchev–Trinajstić information content (AvgIpc) is 2.60. The third-order valence-corrected chi connectivity index (χ3v) is 4.28. The molecular formula is C20H14F2N2. The van der Waals surface area contributed by atoms with Crippen LogP contribution in [-0.2, 0) is 0 Å². The summed E-state index contributed by atoms with van der Waals surface area (Å²) in [5.41, 5.74) is 1.16. The van der Waals surface area contributed by atoms with Crippen molar-refractivity contribution in [3.05, 3.63) is 78.6 Å². The molecule has 0 aliphatic rings. The van der Waals surface area contributed by atoms with Gasteiger partial charge in [-0.3, -0.25) is 4.98 Å². The SMILES string of the molecule is CN(c1ccc2c(ccc3ccncc32)c1)c1ccc(F)cc1F. The molecule has 1 heterocycles. The van der Waals surface area contributed by atoms with E-state index in [2.05, 4.69) is 4.98 Å². The molecule has 4 heteroatoms. The molecule has 0 aliphatic heterocycles. The smallest absolute Gasteiger partial charge is 0.149 e. The molecule has 0 N–H and O–H groups in total. The molecule has 24 heavy (non-hydrogen) atoms. The summed E-state index contributed by atoms with van der Waals surface area (Å²) in [6.07, 6.45) is 3.62. The lowest BCUT2D eigenvalue weighted by molar-refractivity contribution is 0.583. The maximum Gasteiger partial charge on any atom is 0.149 e. The van der Waals surface area contributed by atoms with Gasteiger partial charge in [-0.2, -0.15) is 0 Å². The number of aromatic nitrogens is 1. The Morgan fingerprint density at radius 3 is 2.50 bits per heavy atom. The summed E-state index contributed by atoms with van der Waals surface area (Å²) >= 11 is 0. The average molecular weight is 320 g/mol. The molecule has 2 nitrogen and oxygen atoms in total. The number of anilines is 2. The van der Waals surface area contributed by atoms with Crippen LogP contribution < -0.4 is 4.90 Å². The van der Waals surface area contributed by atoms with Gasteiger partial charge in [-0.1, -0.05) is 18.2 Å². The van der Waals surface area contributed by atoms with Gasteiger partial charge < -0.3 is 4.90 Å². The van der Waals surface area contributed by atoms with Crippen molar-refractivity contribution in [1.29, 1.82) is 0 Å². The topological polar surface area (TPSA) is 16.1 Å². The van der Waals surface area contributed by atoms with Crippen molar-refractivity contribution >= 4 is 32.9 Å². The van der Waals surface area contributed by atoms with Gasteiger partial charge in [0.25, 0.3) is 0 Å². The number of rotatable bonds is 2. The minimum Gasteiger partial charge on any atom is -0.342 e. The maximum absolute atomic E-state index is 14.0. The van der Waals surface area contributed by atoms with Crippen LogP contribution in [0.3, 0.4) is 0 Å². The molecule has 0 saturated carbocycles. The fraction of sp³-hybridized carbons (Fsp3) is 0.0500. The molecular weight excluding hydrogens is 306 g/mol. The molecule has 0 unspecified atom stereocenters. The van der Waals surface area contributed by atoms with Gasteiger partial charge >= 0.3 is 0 Å². The Hall–Kier alpha value is -3.01. The molecule has 118 valence electrons. The highest BCUT2D eigenvalue weighted by atomic mass is 19.1. The summed E-state index contributed by atoms with van der Waals surface area (Å²) in [4.78, 5) is 5.90. The first-order valence-corrected chi connectivity index (χ1v) is 7.59. The van der Waals surface area contributed by atoms with Gasteiger partial charge in [-0.05, 0) is 46.5 Å².